The topological polar surface area (TPSA) is 104 Å². The van der Waals surface area contributed by atoms with E-state index < -0.39 is 11.9 Å². The van der Waals surface area contributed by atoms with Gasteiger partial charge < -0.3 is 19.8 Å². The van der Waals surface area contributed by atoms with E-state index in [1.807, 2.05) is 30.3 Å². The minimum Gasteiger partial charge on any atom is -0.484 e. The number of benzene rings is 2. The van der Waals surface area contributed by atoms with Crippen molar-refractivity contribution in [3.05, 3.63) is 65.7 Å². The van der Waals surface area contributed by atoms with Gasteiger partial charge in [-0.05, 0) is 29.7 Å². The molecule has 7 heteroatoms. The summed E-state index contributed by atoms with van der Waals surface area (Å²) in [6.45, 7) is 0.200. The van der Waals surface area contributed by atoms with Crippen molar-refractivity contribution in [1.82, 2.24) is 4.90 Å². The third-order valence-electron chi connectivity index (χ3n) is 4.08. The maximum atomic E-state index is 12.5. The van der Waals surface area contributed by atoms with Crippen molar-refractivity contribution in [2.45, 2.75) is 25.8 Å². The van der Waals surface area contributed by atoms with Crippen molar-refractivity contribution < 1.29 is 29.3 Å². The van der Waals surface area contributed by atoms with Crippen LogP contribution in [0.3, 0.4) is 0 Å². The first-order valence-electron chi connectivity index (χ1n) is 8.91. The van der Waals surface area contributed by atoms with Gasteiger partial charge in [0, 0.05) is 19.5 Å². The fourth-order valence-electron chi connectivity index (χ4n) is 2.57. The van der Waals surface area contributed by atoms with Crippen LogP contribution in [0.5, 0.6) is 5.75 Å². The average Bonchev–Trinajstić information content (AvgIpc) is 2.69. The lowest BCUT2D eigenvalue weighted by Gasteiger charge is -2.22. The van der Waals surface area contributed by atoms with E-state index in [2.05, 4.69) is 0 Å². The summed E-state index contributed by atoms with van der Waals surface area (Å²) < 4.78 is 5.52. The Morgan fingerprint density at radius 2 is 1.46 bits per heavy atom. The van der Waals surface area contributed by atoms with E-state index in [1.165, 1.54) is 4.90 Å². The Balaban J connectivity index is 1.92. The number of carboxylic acids is 2. The summed E-state index contributed by atoms with van der Waals surface area (Å²) in [6.07, 6.45) is 0.335. The van der Waals surface area contributed by atoms with Gasteiger partial charge in [0.25, 0.3) is 5.91 Å². The highest BCUT2D eigenvalue weighted by molar-refractivity contribution is 5.78. The number of aliphatic carboxylic acids is 2. The van der Waals surface area contributed by atoms with E-state index in [4.69, 9.17) is 14.9 Å². The van der Waals surface area contributed by atoms with Crippen LogP contribution < -0.4 is 4.74 Å². The van der Waals surface area contributed by atoms with Crippen LogP contribution in [0, 0.1) is 0 Å². The van der Waals surface area contributed by atoms with Crippen molar-refractivity contribution in [3.8, 4) is 5.75 Å². The monoisotopic (exact) mass is 385 g/mol. The van der Waals surface area contributed by atoms with Crippen molar-refractivity contribution in [3.63, 3.8) is 0 Å². The van der Waals surface area contributed by atoms with Crippen molar-refractivity contribution >= 4 is 17.8 Å². The van der Waals surface area contributed by atoms with Crippen LogP contribution in [0.2, 0.25) is 0 Å². The highest BCUT2D eigenvalue weighted by atomic mass is 16.5. The molecule has 28 heavy (non-hydrogen) atoms. The Kier molecular flexibility index (Phi) is 8.02. The number of ether oxygens (including phenoxy) is 1. The summed E-state index contributed by atoms with van der Waals surface area (Å²) in [4.78, 5) is 35.5. The molecule has 2 aromatic carbocycles. The Bertz CT molecular complexity index is 788. The van der Waals surface area contributed by atoms with Gasteiger partial charge in [-0.2, -0.15) is 0 Å². The van der Waals surface area contributed by atoms with Gasteiger partial charge in [0.1, 0.15) is 5.75 Å². The number of carboxylic acid groups (broad SMARTS) is 2. The van der Waals surface area contributed by atoms with Crippen molar-refractivity contribution in [2.24, 2.45) is 0 Å². The molecule has 0 fully saturated rings. The Morgan fingerprint density at radius 3 is 2.07 bits per heavy atom. The van der Waals surface area contributed by atoms with Crippen LogP contribution in [-0.4, -0.2) is 46.1 Å². The number of aryl methyl sites for hydroxylation is 1. The van der Waals surface area contributed by atoms with Gasteiger partial charge in [-0.15, -0.1) is 0 Å². The van der Waals surface area contributed by atoms with Gasteiger partial charge in [0.05, 0.1) is 6.42 Å². The molecule has 0 aliphatic carbocycles. The summed E-state index contributed by atoms with van der Waals surface area (Å²) in [5.41, 5.74) is 1.78. The molecule has 0 atom stereocenters. The summed E-state index contributed by atoms with van der Waals surface area (Å²) in [7, 11) is 0. The average molecular weight is 385 g/mol. The number of carbonyl (C=O) groups excluding carboxylic acids is 1. The highest BCUT2D eigenvalue weighted by Gasteiger charge is 2.16. The maximum absolute atomic E-state index is 12.5. The smallest absolute Gasteiger partial charge is 0.305 e. The van der Waals surface area contributed by atoms with Gasteiger partial charge in [0.2, 0.25) is 0 Å². The predicted octanol–water partition coefficient (Wildman–Crippen LogP) is 2.59. The number of nitrogens with zero attached hydrogens (tertiary/aromatic N) is 1. The summed E-state index contributed by atoms with van der Waals surface area (Å²) in [5, 5.41) is 17.6. The molecule has 0 radical (unpaired) electrons. The number of hydrogen-bond acceptors (Lipinski definition) is 4. The van der Waals surface area contributed by atoms with Crippen molar-refractivity contribution in [1.29, 1.82) is 0 Å². The highest BCUT2D eigenvalue weighted by Crippen LogP contribution is 2.14. The van der Waals surface area contributed by atoms with Gasteiger partial charge in [0.15, 0.2) is 6.61 Å². The quantitative estimate of drug-likeness (QED) is 0.616. The van der Waals surface area contributed by atoms with Gasteiger partial charge in [-0.3, -0.25) is 14.4 Å². The molecule has 7 nitrogen and oxygen atoms in total. The predicted molar refractivity (Wildman–Crippen MR) is 102 cm³/mol. The zero-order chi connectivity index (χ0) is 20.4. The molecule has 0 heterocycles. The Morgan fingerprint density at radius 1 is 0.821 bits per heavy atom. The molecule has 2 rings (SSSR count). The van der Waals surface area contributed by atoms with E-state index in [0.717, 1.165) is 11.1 Å². The minimum atomic E-state index is -0.969. The molecule has 0 saturated heterocycles. The molecule has 1 amide bonds. The zero-order valence-electron chi connectivity index (χ0n) is 15.4. The molecule has 0 spiro atoms. The van der Waals surface area contributed by atoms with Crippen molar-refractivity contribution in [2.75, 3.05) is 13.2 Å². The lowest BCUT2D eigenvalue weighted by molar-refractivity contribution is -0.140. The van der Waals surface area contributed by atoms with E-state index in [1.54, 1.807) is 24.3 Å². The molecule has 0 unspecified atom stereocenters. The molecular formula is C21H23NO6. The third kappa shape index (κ3) is 7.49. The first kappa shape index (κ1) is 21.0. The maximum Gasteiger partial charge on any atom is 0.305 e. The molecular weight excluding hydrogens is 362 g/mol. The minimum absolute atomic E-state index is 0.0523. The van der Waals surface area contributed by atoms with Crippen LogP contribution in [0.25, 0.3) is 0 Å². The lowest BCUT2D eigenvalue weighted by Crippen LogP contribution is -2.36. The largest absolute Gasteiger partial charge is 0.484 e. The first-order chi connectivity index (χ1) is 13.4. The van der Waals surface area contributed by atoms with Gasteiger partial charge >= 0.3 is 11.9 Å². The standard InChI is InChI=1S/C21H23NO6/c23-19(15-28-18-9-6-16(7-10-18)8-11-20(24)25)22(13-12-21(26)27)14-17-4-2-1-3-5-17/h1-7,9-10H,8,11-15H2,(H,24,25)(H,26,27). The number of amides is 1. The van der Waals surface area contributed by atoms with E-state index in [-0.39, 0.29) is 31.9 Å². The number of hydrogen-bond donors (Lipinski definition) is 2. The second-order valence-corrected chi connectivity index (χ2v) is 6.27. The first-order valence-corrected chi connectivity index (χ1v) is 8.91. The fourth-order valence-corrected chi connectivity index (χ4v) is 2.57. The molecule has 0 aromatic heterocycles. The second kappa shape index (κ2) is 10.7. The molecule has 0 saturated carbocycles. The Labute approximate surface area is 163 Å². The van der Waals surface area contributed by atoms with Gasteiger partial charge in [-0.1, -0.05) is 42.5 Å². The van der Waals surface area contributed by atoms with E-state index >= 15 is 0 Å². The number of carbonyl (C=O) groups is 3. The van der Waals surface area contributed by atoms with Crippen LogP contribution in [0.4, 0.5) is 0 Å². The van der Waals surface area contributed by atoms with E-state index in [0.29, 0.717) is 18.7 Å². The molecule has 0 aliphatic heterocycles. The SMILES string of the molecule is O=C(O)CCc1ccc(OCC(=O)N(CCC(=O)O)Cc2ccccc2)cc1. The molecule has 2 N–H and O–H groups in total. The summed E-state index contributed by atoms with van der Waals surface area (Å²) >= 11 is 0. The lowest BCUT2D eigenvalue weighted by atomic mass is 10.1. The fraction of sp³-hybridized carbons (Fsp3) is 0.286. The van der Waals surface area contributed by atoms with Crippen LogP contribution in [-0.2, 0) is 27.3 Å². The Hall–Kier alpha value is -3.35. The third-order valence-corrected chi connectivity index (χ3v) is 4.08. The van der Waals surface area contributed by atoms with Crippen LogP contribution >= 0.6 is 0 Å². The molecule has 0 bridgehead atoms. The van der Waals surface area contributed by atoms with Crippen LogP contribution in [0.1, 0.15) is 24.0 Å². The summed E-state index contributed by atoms with van der Waals surface area (Å²) in [6, 6.07) is 16.2. The zero-order valence-corrected chi connectivity index (χ0v) is 15.4. The molecule has 0 aliphatic rings. The molecule has 148 valence electrons. The second-order valence-electron chi connectivity index (χ2n) is 6.27. The van der Waals surface area contributed by atoms with Gasteiger partial charge in [-0.25, -0.2) is 0 Å². The molecule has 2 aromatic rings. The summed E-state index contributed by atoms with van der Waals surface area (Å²) in [5.74, 6) is -1.64. The normalized spacial score (nSPS) is 10.3. The number of rotatable bonds is 11. The van der Waals surface area contributed by atoms with E-state index in [9.17, 15) is 14.4 Å². The van der Waals surface area contributed by atoms with Crippen LogP contribution in [0.15, 0.2) is 54.6 Å².